The molecule has 0 atom stereocenters. The first kappa shape index (κ1) is 27.6. The Labute approximate surface area is 238 Å². The number of ether oxygens (including phenoxy) is 2. The fourth-order valence-electron chi connectivity index (χ4n) is 4.46. The number of Topliss-reactive ketones (excluding diaryl/α,β-unsaturated/α-hetero) is 1. The third kappa shape index (κ3) is 6.60. The lowest BCUT2D eigenvalue weighted by Gasteiger charge is -2.35. The Balaban J connectivity index is 1.24. The molecule has 2 aromatic heterocycles. The van der Waals surface area contributed by atoms with Crippen LogP contribution in [-0.4, -0.2) is 51.7 Å². The number of thioether (sulfide) groups is 1. The maximum Gasteiger partial charge on any atom is 0.251 e. The van der Waals surface area contributed by atoms with Crippen LogP contribution >= 0.6 is 11.8 Å². The molecule has 1 amide bonds. The molecular weight excluding hydrogens is 524 g/mol. The van der Waals surface area contributed by atoms with Crippen molar-refractivity contribution in [1.29, 1.82) is 0 Å². The molecule has 0 radical (unpaired) electrons. The fourth-order valence-corrected chi connectivity index (χ4v) is 5.58. The zero-order chi connectivity index (χ0) is 28.1. The fraction of sp³-hybridized carbons (Fsp3) is 0.290. The van der Waals surface area contributed by atoms with Crippen molar-refractivity contribution in [2.45, 2.75) is 32.1 Å². The van der Waals surface area contributed by atoms with Crippen LogP contribution in [0.4, 0.5) is 5.82 Å². The van der Waals surface area contributed by atoms with E-state index in [9.17, 15) is 9.59 Å². The molecule has 2 aromatic carbocycles. The van der Waals surface area contributed by atoms with Gasteiger partial charge in [-0.25, -0.2) is 9.67 Å². The Hall–Kier alpha value is -3.95. The van der Waals surface area contributed by atoms with E-state index in [4.69, 9.17) is 14.6 Å². The number of rotatable bonds is 11. The van der Waals surface area contributed by atoms with Gasteiger partial charge in [-0.2, -0.15) is 16.9 Å². The highest BCUT2D eigenvalue weighted by Gasteiger charge is 2.37. The summed E-state index contributed by atoms with van der Waals surface area (Å²) in [6.45, 7) is 4.25. The molecule has 0 spiro atoms. The molecule has 3 heterocycles. The lowest BCUT2D eigenvalue weighted by atomic mass is 9.90. The summed E-state index contributed by atoms with van der Waals surface area (Å²) in [5.74, 6) is 3.43. The summed E-state index contributed by atoms with van der Waals surface area (Å²) in [6.07, 6.45) is 2.17. The minimum atomic E-state index is -0.296. The van der Waals surface area contributed by atoms with Gasteiger partial charge >= 0.3 is 0 Å². The van der Waals surface area contributed by atoms with Gasteiger partial charge in [0, 0.05) is 49.1 Å². The Morgan fingerprint density at radius 3 is 2.42 bits per heavy atom. The summed E-state index contributed by atoms with van der Waals surface area (Å²) in [6, 6.07) is 21.1. The van der Waals surface area contributed by atoms with Crippen LogP contribution in [0.3, 0.4) is 0 Å². The first-order valence-electron chi connectivity index (χ1n) is 13.1. The van der Waals surface area contributed by atoms with E-state index in [1.165, 1.54) is 12.7 Å². The SMILES string of the molecule is COCC(=O)Nc1cc(Oc2ccc(CC(=O)Cc3cc(C4(C)CSC4)nn3-c3ccc(C)cc3)cc2)ccn1. The summed E-state index contributed by atoms with van der Waals surface area (Å²) in [7, 11) is 1.45. The number of hydrogen-bond acceptors (Lipinski definition) is 7. The lowest BCUT2D eigenvalue weighted by Crippen LogP contribution is -2.37. The van der Waals surface area contributed by atoms with Crippen LogP contribution in [0.25, 0.3) is 5.69 Å². The standard InChI is InChI=1S/C31H32N4O4S/c1-21-4-8-23(9-5-21)35-24(16-28(34-35)31(2)19-40-20-31)15-25(36)14-22-6-10-26(11-7-22)39-27-12-13-32-29(17-27)33-30(37)18-38-3/h4-13,16-17H,14-15,18-20H2,1-3H3,(H,32,33,37). The molecule has 5 rings (SSSR count). The number of benzene rings is 2. The predicted octanol–water partition coefficient (Wildman–Crippen LogP) is 5.31. The van der Waals surface area contributed by atoms with Crippen molar-refractivity contribution in [2.75, 3.05) is 30.5 Å². The second kappa shape index (κ2) is 12.1. The Kier molecular flexibility index (Phi) is 8.32. The molecule has 9 heteroatoms. The van der Waals surface area contributed by atoms with Crippen molar-refractivity contribution in [2.24, 2.45) is 0 Å². The number of carbonyl (C=O) groups excluding carboxylic acids is 2. The lowest BCUT2D eigenvalue weighted by molar-refractivity contribution is -0.120. The van der Waals surface area contributed by atoms with Gasteiger partial charge in [0.1, 0.15) is 29.7 Å². The zero-order valence-electron chi connectivity index (χ0n) is 22.8. The first-order valence-corrected chi connectivity index (χ1v) is 14.2. The van der Waals surface area contributed by atoms with Gasteiger partial charge in [-0.1, -0.05) is 36.8 Å². The molecule has 0 aliphatic carbocycles. The van der Waals surface area contributed by atoms with Gasteiger partial charge in [0.05, 0.1) is 17.1 Å². The number of aromatic nitrogens is 3. The van der Waals surface area contributed by atoms with E-state index in [-0.39, 0.29) is 23.7 Å². The van der Waals surface area contributed by atoms with E-state index < -0.39 is 0 Å². The number of amides is 1. The Bertz CT molecular complexity index is 1490. The highest BCUT2D eigenvalue weighted by molar-refractivity contribution is 8.00. The van der Waals surface area contributed by atoms with Crippen LogP contribution in [0.5, 0.6) is 11.5 Å². The first-order chi connectivity index (χ1) is 19.3. The van der Waals surface area contributed by atoms with Crippen molar-refractivity contribution in [3.05, 3.63) is 95.4 Å². The van der Waals surface area contributed by atoms with Crippen molar-refractivity contribution >= 4 is 29.3 Å². The largest absolute Gasteiger partial charge is 0.457 e. The van der Waals surface area contributed by atoms with Crippen molar-refractivity contribution in [1.82, 2.24) is 14.8 Å². The van der Waals surface area contributed by atoms with E-state index in [2.05, 4.69) is 54.5 Å². The van der Waals surface area contributed by atoms with E-state index in [0.717, 1.165) is 34.1 Å². The van der Waals surface area contributed by atoms with Crippen LogP contribution < -0.4 is 10.1 Å². The second-order valence-corrected chi connectivity index (χ2v) is 11.3. The quantitative estimate of drug-likeness (QED) is 0.267. The van der Waals surface area contributed by atoms with Crippen LogP contribution in [0.15, 0.2) is 72.9 Å². The average Bonchev–Trinajstić information content (AvgIpc) is 3.33. The normalized spacial score (nSPS) is 13.9. The van der Waals surface area contributed by atoms with Crippen LogP contribution in [-0.2, 0) is 32.6 Å². The Morgan fingerprint density at radius 1 is 1.00 bits per heavy atom. The van der Waals surface area contributed by atoms with Gasteiger partial charge in [0.25, 0.3) is 5.91 Å². The molecule has 1 fully saturated rings. The van der Waals surface area contributed by atoms with Crippen LogP contribution in [0.1, 0.15) is 29.4 Å². The van der Waals surface area contributed by atoms with Crippen LogP contribution in [0.2, 0.25) is 0 Å². The van der Waals surface area contributed by atoms with Gasteiger partial charge in [-0.3, -0.25) is 9.59 Å². The predicted molar refractivity (Wildman–Crippen MR) is 157 cm³/mol. The molecule has 8 nitrogen and oxygen atoms in total. The number of hydrogen-bond donors (Lipinski definition) is 1. The third-order valence-corrected chi connectivity index (χ3v) is 8.42. The maximum atomic E-state index is 13.2. The molecule has 1 aliphatic heterocycles. The average molecular weight is 557 g/mol. The van der Waals surface area contributed by atoms with Crippen LogP contribution in [0, 0.1) is 6.92 Å². The molecule has 4 aromatic rings. The smallest absolute Gasteiger partial charge is 0.251 e. The number of methoxy groups -OCH3 is 1. The molecule has 1 saturated heterocycles. The Morgan fingerprint density at radius 2 is 1.75 bits per heavy atom. The topological polar surface area (TPSA) is 95.3 Å². The monoisotopic (exact) mass is 556 g/mol. The summed E-state index contributed by atoms with van der Waals surface area (Å²) >= 11 is 1.92. The summed E-state index contributed by atoms with van der Waals surface area (Å²) in [5.41, 5.74) is 5.07. The summed E-state index contributed by atoms with van der Waals surface area (Å²) in [4.78, 5) is 29.0. The van der Waals surface area contributed by atoms with Crippen molar-refractivity contribution in [3.8, 4) is 17.2 Å². The summed E-state index contributed by atoms with van der Waals surface area (Å²) < 4.78 is 12.7. The van der Waals surface area contributed by atoms with Gasteiger partial charge < -0.3 is 14.8 Å². The highest BCUT2D eigenvalue weighted by Crippen LogP contribution is 2.40. The van der Waals surface area contributed by atoms with Crippen molar-refractivity contribution < 1.29 is 19.1 Å². The minimum Gasteiger partial charge on any atom is -0.457 e. The molecule has 1 N–H and O–H groups in total. The molecule has 0 unspecified atom stereocenters. The molecule has 0 saturated carbocycles. The van der Waals surface area contributed by atoms with E-state index in [1.54, 1.807) is 18.3 Å². The molecule has 40 heavy (non-hydrogen) atoms. The minimum absolute atomic E-state index is 0.0546. The molecule has 206 valence electrons. The van der Waals surface area contributed by atoms with E-state index in [1.807, 2.05) is 40.7 Å². The maximum absolute atomic E-state index is 13.2. The molecule has 0 bridgehead atoms. The number of nitrogens with zero attached hydrogens (tertiary/aromatic N) is 3. The number of anilines is 1. The highest BCUT2D eigenvalue weighted by atomic mass is 32.2. The van der Waals surface area contributed by atoms with Gasteiger partial charge in [-0.05, 0) is 48.9 Å². The number of nitrogens with one attached hydrogen (secondary N) is 1. The summed E-state index contributed by atoms with van der Waals surface area (Å²) in [5, 5.41) is 7.60. The molecule has 1 aliphatic rings. The number of carbonyl (C=O) groups is 2. The molecular formula is C31H32N4O4S. The number of pyridine rings is 1. The van der Waals surface area contributed by atoms with E-state index in [0.29, 0.717) is 30.2 Å². The van der Waals surface area contributed by atoms with Gasteiger partial charge in [0.2, 0.25) is 0 Å². The van der Waals surface area contributed by atoms with Gasteiger partial charge in [-0.15, -0.1) is 0 Å². The van der Waals surface area contributed by atoms with Crippen molar-refractivity contribution in [3.63, 3.8) is 0 Å². The van der Waals surface area contributed by atoms with E-state index >= 15 is 0 Å². The number of aryl methyl sites for hydroxylation is 1. The van der Waals surface area contributed by atoms with Gasteiger partial charge in [0.15, 0.2) is 0 Å². The second-order valence-electron chi connectivity index (χ2n) is 10.3. The zero-order valence-corrected chi connectivity index (χ0v) is 23.7. The number of ketones is 1. The third-order valence-electron chi connectivity index (χ3n) is 6.73.